The van der Waals surface area contributed by atoms with E-state index in [0.717, 1.165) is 0 Å². The Morgan fingerprint density at radius 1 is 1.07 bits per heavy atom. The van der Waals surface area contributed by atoms with E-state index in [1.807, 2.05) is 0 Å². The van der Waals surface area contributed by atoms with Gasteiger partial charge in [0.15, 0.2) is 5.75 Å². The minimum Gasteiger partial charge on any atom is -0.481 e. The monoisotopic (exact) mass is 436 g/mol. The van der Waals surface area contributed by atoms with Crippen molar-refractivity contribution in [1.29, 1.82) is 0 Å². The summed E-state index contributed by atoms with van der Waals surface area (Å²) in [6.07, 6.45) is 0. The number of para-hydroxylation sites is 1. The summed E-state index contributed by atoms with van der Waals surface area (Å²) in [5, 5.41) is 9.66. The number of hydrogen-bond acceptors (Lipinski definition) is 11. The fourth-order valence-corrected chi connectivity index (χ4v) is 2.87. The maximum absolute atomic E-state index is 12.3. The number of aryl methyl sites for hydroxylation is 1. The molecular weight excluding hydrogens is 420 g/mol. The van der Waals surface area contributed by atoms with Gasteiger partial charge in [-0.2, -0.15) is 18.4 Å². The Morgan fingerprint density at radius 2 is 1.73 bits per heavy atom. The van der Waals surface area contributed by atoms with Gasteiger partial charge in [0.1, 0.15) is 0 Å². The average Bonchev–Trinajstić information content (AvgIpc) is 3.13. The molecule has 13 nitrogen and oxygen atoms in total. The highest BCUT2D eigenvalue weighted by molar-refractivity contribution is 7.85. The van der Waals surface area contributed by atoms with Gasteiger partial charge in [-0.1, -0.05) is 12.1 Å². The molecule has 30 heavy (non-hydrogen) atoms. The molecule has 2 heterocycles. The van der Waals surface area contributed by atoms with Crippen molar-refractivity contribution in [2.24, 2.45) is 0 Å². The van der Waals surface area contributed by atoms with Crippen LogP contribution >= 0.6 is 0 Å². The summed E-state index contributed by atoms with van der Waals surface area (Å²) in [5.41, 5.74) is 0.227. The second kappa shape index (κ2) is 8.60. The first-order valence-corrected chi connectivity index (χ1v) is 9.60. The molecule has 0 saturated heterocycles. The van der Waals surface area contributed by atoms with E-state index in [1.165, 1.54) is 38.5 Å². The summed E-state index contributed by atoms with van der Waals surface area (Å²) >= 11 is 0. The summed E-state index contributed by atoms with van der Waals surface area (Å²) in [7, 11) is -1.87. The number of nitrogens with zero attached hydrogens (tertiary/aromatic N) is 4. The Kier molecular flexibility index (Phi) is 5.96. The van der Waals surface area contributed by atoms with Crippen LogP contribution in [-0.2, 0) is 10.3 Å². The Hall–Kier alpha value is -3.94. The summed E-state index contributed by atoms with van der Waals surface area (Å²) in [5.74, 6) is 0.162. The van der Waals surface area contributed by atoms with Crippen molar-refractivity contribution in [3.63, 3.8) is 0 Å². The number of carbonyl (C=O) groups is 1. The molecule has 1 aromatic carbocycles. The normalized spacial score (nSPS) is 10.9. The minimum atomic E-state index is -4.58. The summed E-state index contributed by atoms with van der Waals surface area (Å²) in [4.78, 5) is 19.8. The Labute approximate surface area is 170 Å². The van der Waals surface area contributed by atoms with Crippen molar-refractivity contribution in [1.82, 2.24) is 24.9 Å². The lowest BCUT2D eigenvalue weighted by molar-refractivity contribution is 0.255. The van der Waals surface area contributed by atoms with Crippen molar-refractivity contribution in [3.05, 3.63) is 36.2 Å². The molecule has 0 bridgehead atoms. The van der Waals surface area contributed by atoms with Crippen LogP contribution in [0.15, 0.2) is 34.7 Å². The van der Waals surface area contributed by atoms with Crippen molar-refractivity contribution in [2.75, 3.05) is 19.5 Å². The second-order valence-electron chi connectivity index (χ2n) is 5.49. The number of carbonyl (C=O) groups excluding carboxylic acids is 1. The molecule has 0 spiro atoms. The number of methoxy groups -OCH3 is 2. The SMILES string of the molecule is COc1cc(OC)nc(NC(=O)NS(=O)(=O)Oc2ccccc2-c2nnc(C)o2)n1. The zero-order valence-electron chi connectivity index (χ0n) is 15.9. The van der Waals surface area contributed by atoms with Crippen LogP contribution in [0, 0.1) is 6.92 Å². The smallest absolute Gasteiger partial charge is 0.411 e. The third kappa shape index (κ3) is 5.11. The summed E-state index contributed by atoms with van der Waals surface area (Å²) in [6.45, 7) is 1.58. The average molecular weight is 436 g/mol. The van der Waals surface area contributed by atoms with Gasteiger partial charge in [0.05, 0.1) is 25.8 Å². The number of rotatable bonds is 7. The van der Waals surface area contributed by atoms with Gasteiger partial charge in [-0.05, 0) is 12.1 Å². The Bertz CT molecular complexity index is 1140. The van der Waals surface area contributed by atoms with Crippen molar-refractivity contribution < 1.29 is 31.3 Å². The molecule has 0 radical (unpaired) electrons. The Morgan fingerprint density at radius 3 is 2.33 bits per heavy atom. The third-order valence-corrected chi connectivity index (χ3v) is 4.22. The summed E-state index contributed by atoms with van der Waals surface area (Å²) in [6, 6.07) is 6.25. The van der Waals surface area contributed by atoms with Crippen LogP contribution < -0.4 is 23.7 Å². The number of urea groups is 1. The van der Waals surface area contributed by atoms with Gasteiger partial charge < -0.3 is 18.1 Å². The number of aromatic nitrogens is 4. The number of anilines is 1. The number of nitrogens with one attached hydrogen (secondary N) is 2. The molecule has 3 rings (SSSR count). The lowest BCUT2D eigenvalue weighted by Crippen LogP contribution is -2.37. The predicted molar refractivity (Wildman–Crippen MR) is 101 cm³/mol. The van der Waals surface area contributed by atoms with E-state index < -0.39 is 16.3 Å². The van der Waals surface area contributed by atoms with E-state index in [1.54, 1.807) is 17.7 Å². The zero-order chi connectivity index (χ0) is 21.7. The molecule has 0 saturated carbocycles. The molecule has 0 unspecified atom stereocenters. The van der Waals surface area contributed by atoms with Gasteiger partial charge in [-0.15, -0.1) is 10.2 Å². The first-order chi connectivity index (χ1) is 14.3. The van der Waals surface area contributed by atoms with Gasteiger partial charge in [-0.25, -0.2) is 9.52 Å². The highest BCUT2D eigenvalue weighted by Gasteiger charge is 2.22. The van der Waals surface area contributed by atoms with E-state index in [9.17, 15) is 13.2 Å². The molecule has 0 atom stereocenters. The molecular formula is C16H16N6O7S. The van der Waals surface area contributed by atoms with Gasteiger partial charge >= 0.3 is 16.3 Å². The number of amides is 2. The van der Waals surface area contributed by atoms with Crippen LogP contribution in [-0.4, -0.2) is 48.8 Å². The molecule has 158 valence electrons. The molecule has 0 fully saturated rings. The van der Waals surface area contributed by atoms with Gasteiger partial charge in [0.25, 0.3) is 5.89 Å². The van der Waals surface area contributed by atoms with E-state index in [-0.39, 0.29) is 40.8 Å². The molecule has 0 aliphatic rings. The van der Waals surface area contributed by atoms with Crippen LogP contribution in [0.3, 0.4) is 0 Å². The quantitative estimate of drug-likeness (QED) is 0.547. The van der Waals surface area contributed by atoms with E-state index in [4.69, 9.17) is 18.1 Å². The van der Waals surface area contributed by atoms with Gasteiger partial charge in [0, 0.05) is 6.92 Å². The maximum Gasteiger partial charge on any atom is 0.411 e. The molecule has 14 heteroatoms. The lowest BCUT2D eigenvalue weighted by atomic mass is 10.2. The minimum absolute atomic E-state index is 0.0552. The highest BCUT2D eigenvalue weighted by Crippen LogP contribution is 2.29. The largest absolute Gasteiger partial charge is 0.481 e. The standard InChI is InChI=1S/C16H16N6O7S/c1-9-20-21-14(28-9)10-6-4-5-7-11(10)29-30(24,25)22-16(23)19-15-17-12(26-2)8-13(18-15)27-3/h4-8H,1-3H3,(H2,17,18,19,22,23). The lowest BCUT2D eigenvalue weighted by Gasteiger charge is -2.11. The summed E-state index contributed by atoms with van der Waals surface area (Å²) < 4.78 is 46.4. The zero-order valence-corrected chi connectivity index (χ0v) is 16.8. The maximum atomic E-state index is 12.3. The number of ether oxygens (including phenoxy) is 2. The Balaban J connectivity index is 1.74. The number of hydrogen-bond donors (Lipinski definition) is 2. The van der Waals surface area contributed by atoms with Crippen molar-refractivity contribution in [3.8, 4) is 29.0 Å². The van der Waals surface area contributed by atoms with E-state index >= 15 is 0 Å². The van der Waals surface area contributed by atoms with Crippen molar-refractivity contribution in [2.45, 2.75) is 6.92 Å². The van der Waals surface area contributed by atoms with Gasteiger partial charge in [-0.3, -0.25) is 5.32 Å². The first-order valence-electron chi connectivity index (χ1n) is 8.19. The van der Waals surface area contributed by atoms with E-state index in [0.29, 0.717) is 0 Å². The molecule has 0 aliphatic heterocycles. The first kappa shape index (κ1) is 20.8. The fraction of sp³-hybridized carbons (Fsp3) is 0.188. The molecule has 2 N–H and O–H groups in total. The van der Waals surface area contributed by atoms with Crippen LogP contribution in [0.4, 0.5) is 10.7 Å². The molecule has 3 aromatic rings. The third-order valence-electron chi connectivity index (χ3n) is 3.38. The van der Waals surface area contributed by atoms with Crippen molar-refractivity contribution >= 4 is 22.3 Å². The van der Waals surface area contributed by atoms with Crippen LogP contribution in [0.2, 0.25) is 0 Å². The van der Waals surface area contributed by atoms with Crippen LogP contribution in [0.1, 0.15) is 5.89 Å². The number of benzene rings is 1. The predicted octanol–water partition coefficient (Wildman–Crippen LogP) is 1.30. The van der Waals surface area contributed by atoms with E-state index in [2.05, 4.69) is 25.5 Å². The van der Waals surface area contributed by atoms with Crippen LogP contribution in [0.5, 0.6) is 17.5 Å². The fourth-order valence-electron chi connectivity index (χ4n) is 2.17. The topological polar surface area (TPSA) is 168 Å². The van der Waals surface area contributed by atoms with Crippen LogP contribution in [0.25, 0.3) is 11.5 Å². The highest BCUT2D eigenvalue weighted by atomic mass is 32.2. The van der Waals surface area contributed by atoms with Gasteiger partial charge in [0.2, 0.25) is 23.6 Å². The molecule has 0 aliphatic carbocycles. The molecule has 2 amide bonds. The molecule has 2 aromatic heterocycles. The second-order valence-corrected chi connectivity index (χ2v) is 6.77.